The summed E-state index contributed by atoms with van der Waals surface area (Å²) in [6, 6.07) is 0. The Bertz CT molecular complexity index is 202. The molecule has 1 aliphatic heterocycles. The van der Waals surface area contributed by atoms with Crippen LogP contribution in [0.5, 0.6) is 0 Å². The molecule has 13 heavy (non-hydrogen) atoms. The molecule has 1 rings (SSSR count). The zero-order valence-electron chi connectivity index (χ0n) is 7.54. The first-order chi connectivity index (χ1) is 6.00. The molecule has 0 aromatic carbocycles. The summed E-state index contributed by atoms with van der Waals surface area (Å²) in [7, 11) is 0. The number of halogens is 3. The average molecular weight is 195 g/mol. The van der Waals surface area contributed by atoms with E-state index in [1.807, 2.05) is 0 Å². The first-order valence-electron chi connectivity index (χ1n) is 4.16. The van der Waals surface area contributed by atoms with Gasteiger partial charge in [0.15, 0.2) is 0 Å². The molecule has 0 spiro atoms. The zero-order valence-corrected chi connectivity index (χ0v) is 7.54. The van der Waals surface area contributed by atoms with Gasteiger partial charge in [0.2, 0.25) is 0 Å². The van der Waals surface area contributed by atoms with Crippen LogP contribution in [0.3, 0.4) is 0 Å². The van der Waals surface area contributed by atoms with Gasteiger partial charge in [0.25, 0.3) is 0 Å². The Balaban J connectivity index is 2.74. The van der Waals surface area contributed by atoms with E-state index in [2.05, 4.69) is 5.10 Å². The molecular formula is C7H12F3N3. The summed E-state index contributed by atoms with van der Waals surface area (Å²) in [6.07, 6.45) is -3.76. The van der Waals surface area contributed by atoms with Crippen LogP contribution in [0.15, 0.2) is 5.10 Å². The molecule has 6 heteroatoms. The van der Waals surface area contributed by atoms with E-state index in [-0.39, 0.29) is 0 Å². The molecule has 0 amide bonds. The van der Waals surface area contributed by atoms with Crippen molar-refractivity contribution in [3.63, 3.8) is 0 Å². The SMILES string of the molecule is CCC1N(CC)N=CN1C(F)(F)F. The summed E-state index contributed by atoms with van der Waals surface area (Å²) in [6.45, 7) is 3.97. The molecule has 1 heterocycles. The fourth-order valence-electron chi connectivity index (χ4n) is 1.35. The molecule has 0 saturated carbocycles. The molecule has 0 N–H and O–H groups in total. The van der Waals surface area contributed by atoms with Gasteiger partial charge in [0.05, 0.1) is 0 Å². The maximum absolute atomic E-state index is 12.3. The lowest BCUT2D eigenvalue weighted by Gasteiger charge is -2.29. The van der Waals surface area contributed by atoms with E-state index in [1.165, 1.54) is 5.01 Å². The van der Waals surface area contributed by atoms with E-state index in [1.54, 1.807) is 13.8 Å². The quantitative estimate of drug-likeness (QED) is 0.626. The number of hydrogen-bond donors (Lipinski definition) is 0. The number of hydrazone groups is 1. The van der Waals surface area contributed by atoms with Crippen molar-refractivity contribution in [2.24, 2.45) is 5.10 Å². The van der Waals surface area contributed by atoms with Crippen molar-refractivity contribution < 1.29 is 13.2 Å². The first kappa shape index (κ1) is 10.1. The fourth-order valence-corrected chi connectivity index (χ4v) is 1.35. The summed E-state index contributed by atoms with van der Waals surface area (Å²) in [5, 5.41) is 5.09. The second-order valence-electron chi connectivity index (χ2n) is 2.75. The monoisotopic (exact) mass is 195 g/mol. The number of hydrogen-bond acceptors (Lipinski definition) is 3. The molecule has 0 aromatic rings. The predicted molar refractivity (Wildman–Crippen MR) is 42.8 cm³/mol. The van der Waals surface area contributed by atoms with Gasteiger partial charge < -0.3 is 0 Å². The second-order valence-corrected chi connectivity index (χ2v) is 2.75. The Kier molecular flexibility index (Phi) is 2.68. The van der Waals surface area contributed by atoms with Crippen molar-refractivity contribution >= 4 is 6.34 Å². The standard InChI is InChI=1S/C7H12F3N3/c1-3-6-12(7(8,9)10)5-11-13(6)4-2/h5-6H,3-4H2,1-2H3. The number of rotatable bonds is 2. The lowest BCUT2D eigenvalue weighted by Crippen LogP contribution is -2.46. The lowest BCUT2D eigenvalue weighted by molar-refractivity contribution is -0.235. The molecule has 1 atom stereocenters. The van der Waals surface area contributed by atoms with E-state index in [0.29, 0.717) is 17.9 Å². The predicted octanol–water partition coefficient (Wildman–Crippen LogP) is 1.82. The third-order valence-corrected chi connectivity index (χ3v) is 1.97. The average Bonchev–Trinajstić information content (AvgIpc) is 2.45. The van der Waals surface area contributed by atoms with E-state index in [4.69, 9.17) is 0 Å². The molecule has 0 bridgehead atoms. The molecule has 0 saturated heterocycles. The van der Waals surface area contributed by atoms with Crippen molar-refractivity contribution in [3.05, 3.63) is 0 Å². The van der Waals surface area contributed by atoms with Crippen LogP contribution >= 0.6 is 0 Å². The summed E-state index contributed by atoms with van der Waals surface area (Å²) < 4.78 is 36.9. The van der Waals surface area contributed by atoms with Crippen molar-refractivity contribution in [3.8, 4) is 0 Å². The summed E-state index contributed by atoms with van der Waals surface area (Å²) in [4.78, 5) is 0.330. The molecule has 76 valence electrons. The highest BCUT2D eigenvalue weighted by molar-refractivity contribution is 5.57. The van der Waals surface area contributed by atoms with E-state index in [0.717, 1.165) is 6.34 Å². The van der Waals surface area contributed by atoms with Crippen molar-refractivity contribution in [2.75, 3.05) is 6.54 Å². The van der Waals surface area contributed by atoms with Crippen LogP contribution in [0.1, 0.15) is 20.3 Å². The van der Waals surface area contributed by atoms with Gasteiger partial charge in [0.1, 0.15) is 12.5 Å². The van der Waals surface area contributed by atoms with Crippen LogP contribution in [0.4, 0.5) is 13.2 Å². The highest BCUT2D eigenvalue weighted by Crippen LogP contribution is 2.28. The minimum Gasteiger partial charge on any atom is -0.273 e. The second kappa shape index (κ2) is 3.43. The van der Waals surface area contributed by atoms with Gasteiger partial charge in [-0.3, -0.25) is 9.91 Å². The van der Waals surface area contributed by atoms with Gasteiger partial charge in [-0.2, -0.15) is 5.10 Å². The molecule has 1 unspecified atom stereocenters. The van der Waals surface area contributed by atoms with Gasteiger partial charge in [0, 0.05) is 6.54 Å². The van der Waals surface area contributed by atoms with Crippen LogP contribution < -0.4 is 0 Å². The molecule has 0 aliphatic carbocycles. The minimum absolute atomic E-state index is 0.330. The molecule has 0 aromatic heterocycles. The fraction of sp³-hybridized carbons (Fsp3) is 0.857. The largest absolute Gasteiger partial charge is 0.487 e. The number of nitrogens with zero attached hydrogens (tertiary/aromatic N) is 3. The Morgan fingerprint density at radius 2 is 2.00 bits per heavy atom. The van der Waals surface area contributed by atoms with Gasteiger partial charge in [-0.25, -0.2) is 0 Å². The molecule has 0 radical (unpaired) electrons. The smallest absolute Gasteiger partial charge is 0.273 e. The topological polar surface area (TPSA) is 18.8 Å². The third kappa shape index (κ3) is 1.87. The third-order valence-electron chi connectivity index (χ3n) is 1.97. The van der Waals surface area contributed by atoms with Crippen molar-refractivity contribution in [1.82, 2.24) is 9.91 Å². The Hall–Kier alpha value is -0.940. The Labute approximate surface area is 74.8 Å². The molecule has 0 fully saturated rings. The van der Waals surface area contributed by atoms with Gasteiger partial charge in [-0.15, -0.1) is 13.2 Å². The summed E-state index contributed by atoms with van der Waals surface area (Å²) in [5.41, 5.74) is 0. The number of alkyl halides is 3. The maximum atomic E-state index is 12.3. The molecule has 1 aliphatic rings. The van der Waals surface area contributed by atoms with Crippen LogP contribution in [-0.4, -0.2) is 35.3 Å². The first-order valence-corrected chi connectivity index (χ1v) is 4.16. The van der Waals surface area contributed by atoms with E-state index in [9.17, 15) is 13.2 Å². The summed E-state index contributed by atoms with van der Waals surface area (Å²) in [5.74, 6) is 0. The van der Waals surface area contributed by atoms with Crippen molar-refractivity contribution in [2.45, 2.75) is 32.7 Å². The Morgan fingerprint density at radius 1 is 1.38 bits per heavy atom. The minimum atomic E-state index is -4.33. The highest BCUT2D eigenvalue weighted by Gasteiger charge is 2.44. The Morgan fingerprint density at radius 3 is 2.38 bits per heavy atom. The van der Waals surface area contributed by atoms with Crippen LogP contribution in [0.25, 0.3) is 0 Å². The molecular weight excluding hydrogens is 183 g/mol. The summed E-state index contributed by atoms with van der Waals surface area (Å²) >= 11 is 0. The zero-order chi connectivity index (χ0) is 10.1. The van der Waals surface area contributed by atoms with Crippen molar-refractivity contribution in [1.29, 1.82) is 0 Å². The van der Waals surface area contributed by atoms with E-state index >= 15 is 0 Å². The van der Waals surface area contributed by atoms with Crippen LogP contribution in [0, 0.1) is 0 Å². The van der Waals surface area contributed by atoms with Gasteiger partial charge >= 0.3 is 6.30 Å². The van der Waals surface area contributed by atoms with Gasteiger partial charge in [-0.1, -0.05) is 6.92 Å². The van der Waals surface area contributed by atoms with Crippen LogP contribution in [0.2, 0.25) is 0 Å². The molecule has 3 nitrogen and oxygen atoms in total. The maximum Gasteiger partial charge on any atom is 0.487 e. The highest BCUT2D eigenvalue weighted by atomic mass is 19.4. The van der Waals surface area contributed by atoms with Crippen LogP contribution in [-0.2, 0) is 0 Å². The van der Waals surface area contributed by atoms with E-state index < -0.39 is 12.5 Å². The van der Waals surface area contributed by atoms with Gasteiger partial charge in [-0.05, 0) is 13.3 Å². The lowest BCUT2D eigenvalue weighted by atomic mass is 10.3. The normalized spacial score (nSPS) is 23.0.